The molecule has 0 bridgehead atoms. The van der Waals surface area contributed by atoms with Gasteiger partial charge in [0.05, 0.1) is 23.8 Å². The Bertz CT molecular complexity index is 1130. The third-order valence-corrected chi connectivity index (χ3v) is 4.03. The van der Waals surface area contributed by atoms with Crippen LogP contribution in [0, 0.1) is 10.1 Å². The van der Waals surface area contributed by atoms with E-state index in [9.17, 15) is 19.7 Å². The number of rotatable bonds is 7. The minimum Gasteiger partial charge on any atom is -0.493 e. The molecule has 0 aliphatic carbocycles. The quantitative estimate of drug-likeness (QED) is 0.204. The number of aromatic nitrogens is 1. The molecule has 0 fully saturated rings. The topological polar surface area (TPSA) is 133 Å². The van der Waals surface area contributed by atoms with Gasteiger partial charge in [0.2, 0.25) is 0 Å². The van der Waals surface area contributed by atoms with Crippen LogP contribution in [0.5, 0.6) is 11.5 Å². The molecular weight excluding hydrogens is 404 g/mol. The van der Waals surface area contributed by atoms with Gasteiger partial charge in [0.15, 0.2) is 11.5 Å². The van der Waals surface area contributed by atoms with Gasteiger partial charge in [0, 0.05) is 30.1 Å². The van der Waals surface area contributed by atoms with Gasteiger partial charge in [-0.3, -0.25) is 19.9 Å². The number of nitrogens with zero attached hydrogens (tertiary/aromatic N) is 3. The first kappa shape index (κ1) is 21.1. The second-order valence-electron chi connectivity index (χ2n) is 6.04. The molecule has 0 radical (unpaired) electrons. The number of ether oxygens (including phenoxy) is 2. The molecule has 2 aromatic carbocycles. The summed E-state index contributed by atoms with van der Waals surface area (Å²) in [5.74, 6) is -0.567. The van der Waals surface area contributed by atoms with Crippen molar-refractivity contribution in [2.75, 3.05) is 7.11 Å². The van der Waals surface area contributed by atoms with Crippen molar-refractivity contribution >= 4 is 23.8 Å². The van der Waals surface area contributed by atoms with Crippen LogP contribution < -0.4 is 14.9 Å². The smallest absolute Gasteiger partial charge is 0.343 e. The van der Waals surface area contributed by atoms with E-state index in [1.807, 2.05) is 0 Å². The highest BCUT2D eigenvalue weighted by Crippen LogP contribution is 2.28. The van der Waals surface area contributed by atoms with Crippen molar-refractivity contribution in [2.45, 2.75) is 0 Å². The highest BCUT2D eigenvalue weighted by atomic mass is 16.6. The van der Waals surface area contributed by atoms with Crippen LogP contribution in [0.3, 0.4) is 0 Å². The molecule has 1 amide bonds. The number of hydrogen-bond donors (Lipinski definition) is 1. The highest BCUT2D eigenvalue weighted by molar-refractivity contribution is 5.95. The van der Waals surface area contributed by atoms with Crippen LogP contribution in [-0.2, 0) is 0 Å². The van der Waals surface area contributed by atoms with E-state index in [1.165, 1.54) is 68.2 Å². The molecule has 1 N–H and O–H groups in total. The molecule has 0 aliphatic heterocycles. The summed E-state index contributed by atoms with van der Waals surface area (Å²) in [7, 11) is 1.43. The second-order valence-corrected chi connectivity index (χ2v) is 6.04. The van der Waals surface area contributed by atoms with Gasteiger partial charge in [-0.15, -0.1) is 0 Å². The van der Waals surface area contributed by atoms with Crippen molar-refractivity contribution in [1.82, 2.24) is 10.4 Å². The number of non-ortho nitro benzene ring substituents is 1. The molecule has 0 spiro atoms. The first-order chi connectivity index (χ1) is 15.0. The number of nitro groups is 1. The maximum atomic E-state index is 12.2. The maximum Gasteiger partial charge on any atom is 0.343 e. The molecule has 1 heterocycles. The lowest BCUT2D eigenvalue weighted by Gasteiger charge is -2.09. The number of nitrogens with one attached hydrogen (secondary N) is 1. The average molecular weight is 420 g/mol. The summed E-state index contributed by atoms with van der Waals surface area (Å²) in [6, 6.07) is 12.9. The Morgan fingerprint density at radius 2 is 1.74 bits per heavy atom. The third kappa shape index (κ3) is 5.48. The van der Waals surface area contributed by atoms with E-state index in [1.54, 1.807) is 12.1 Å². The molecule has 0 saturated carbocycles. The fourth-order valence-electron chi connectivity index (χ4n) is 2.46. The highest BCUT2D eigenvalue weighted by Gasteiger charge is 2.13. The SMILES string of the molecule is COc1cc(C=NNC(=O)c2ccc([N+](=O)[O-])cc2)ccc1OC(=O)c1ccncc1. The molecule has 0 aliphatic rings. The number of methoxy groups -OCH3 is 1. The van der Waals surface area contributed by atoms with Crippen LogP contribution in [0.4, 0.5) is 5.69 Å². The summed E-state index contributed by atoms with van der Waals surface area (Å²) in [6.07, 6.45) is 4.34. The van der Waals surface area contributed by atoms with Gasteiger partial charge in [0.25, 0.3) is 11.6 Å². The molecule has 31 heavy (non-hydrogen) atoms. The van der Waals surface area contributed by atoms with Gasteiger partial charge in [-0.2, -0.15) is 5.10 Å². The van der Waals surface area contributed by atoms with Crippen LogP contribution in [0.15, 0.2) is 72.1 Å². The lowest BCUT2D eigenvalue weighted by molar-refractivity contribution is -0.384. The van der Waals surface area contributed by atoms with Crippen LogP contribution >= 0.6 is 0 Å². The van der Waals surface area contributed by atoms with Gasteiger partial charge < -0.3 is 9.47 Å². The Hall–Kier alpha value is -4.60. The number of benzene rings is 2. The molecular formula is C21H16N4O6. The number of hydrazone groups is 1. The van der Waals surface area contributed by atoms with Gasteiger partial charge in [0.1, 0.15) is 0 Å². The fourth-order valence-corrected chi connectivity index (χ4v) is 2.46. The minimum atomic E-state index is -0.558. The normalized spacial score (nSPS) is 10.5. The Morgan fingerprint density at radius 3 is 2.39 bits per heavy atom. The van der Waals surface area contributed by atoms with Crippen molar-refractivity contribution in [2.24, 2.45) is 5.10 Å². The zero-order valence-corrected chi connectivity index (χ0v) is 16.2. The lowest BCUT2D eigenvalue weighted by Crippen LogP contribution is -2.17. The van der Waals surface area contributed by atoms with Crippen molar-refractivity contribution in [3.63, 3.8) is 0 Å². The number of carbonyl (C=O) groups excluding carboxylic acids is 2. The summed E-state index contributed by atoms with van der Waals surface area (Å²) in [6.45, 7) is 0. The van der Waals surface area contributed by atoms with E-state index in [-0.39, 0.29) is 17.0 Å². The number of amides is 1. The molecule has 10 nitrogen and oxygen atoms in total. The predicted octanol–water partition coefficient (Wildman–Crippen LogP) is 2.98. The van der Waals surface area contributed by atoms with Crippen LogP contribution in [0.2, 0.25) is 0 Å². The second kappa shape index (κ2) is 9.74. The summed E-state index contributed by atoms with van der Waals surface area (Å²) in [4.78, 5) is 38.2. The van der Waals surface area contributed by atoms with Crippen molar-refractivity contribution in [3.05, 3.63) is 93.8 Å². The molecule has 1 aromatic heterocycles. The number of hydrogen-bond acceptors (Lipinski definition) is 8. The Kier molecular flexibility index (Phi) is 6.64. The lowest BCUT2D eigenvalue weighted by atomic mass is 10.2. The van der Waals surface area contributed by atoms with E-state index in [2.05, 4.69) is 15.5 Å². The van der Waals surface area contributed by atoms with Crippen LogP contribution in [0.1, 0.15) is 26.3 Å². The summed E-state index contributed by atoms with van der Waals surface area (Å²) < 4.78 is 10.6. The molecule has 10 heteroatoms. The van der Waals surface area contributed by atoms with Crippen LogP contribution in [0.25, 0.3) is 0 Å². The minimum absolute atomic E-state index is 0.114. The largest absolute Gasteiger partial charge is 0.493 e. The van der Waals surface area contributed by atoms with E-state index in [0.717, 1.165) is 0 Å². The van der Waals surface area contributed by atoms with Gasteiger partial charge in [-0.05, 0) is 48.0 Å². The Morgan fingerprint density at radius 1 is 1.03 bits per heavy atom. The standard InChI is InChI=1S/C21H16N4O6/c1-30-19-12-14(2-7-18(19)31-21(27)16-8-10-22-11-9-16)13-23-24-20(26)15-3-5-17(6-4-15)25(28)29/h2-13H,1H3,(H,24,26). The zero-order chi connectivity index (χ0) is 22.2. The average Bonchev–Trinajstić information content (AvgIpc) is 2.80. The summed E-state index contributed by atoms with van der Waals surface area (Å²) >= 11 is 0. The van der Waals surface area contributed by atoms with Crippen molar-refractivity contribution in [3.8, 4) is 11.5 Å². The first-order valence-electron chi connectivity index (χ1n) is 8.86. The van der Waals surface area contributed by atoms with Gasteiger partial charge in [-0.1, -0.05) is 0 Å². The predicted molar refractivity (Wildman–Crippen MR) is 110 cm³/mol. The number of pyridine rings is 1. The number of nitro benzene ring substituents is 1. The fraction of sp³-hybridized carbons (Fsp3) is 0.0476. The van der Waals surface area contributed by atoms with Crippen molar-refractivity contribution < 1.29 is 24.0 Å². The number of carbonyl (C=O) groups is 2. The molecule has 3 rings (SSSR count). The molecule has 156 valence electrons. The van der Waals surface area contributed by atoms with Crippen molar-refractivity contribution in [1.29, 1.82) is 0 Å². The van der Waals surface area contributed by atoms with E-state index in [4.69, 9.17) is 9.47 Å². The zero-order valence-electron chi connectivity index (χ0n) is 16.2. The molecule has 0 unspecified atom stereocenters. The Balaban J connectivity index is 1.65. The summed E-state index contributed by atoms with van der Waals surface area (Å²) in [5.41, 5.74) is 3.36. The van der Waals surface area contributed by atoms with E-state index >= 15 is 0 Å². The van der Waals surface area contributed by atoms with Gasteiger partial charge in [-0.25, -0.2) is 10.2 Å². The molecule has 3 aromatic rings. The number of esters is 1. The first-order valence-corrected chi connectivity index (χ1v) is 8.86. The third-order valence-electron chi connectivity index (χ3n) is 4.03. The van der Waals surface area contributed by atoms with E-state index in [0.29, 0.717) is 16.9 Å². The maximum absolute atomic E-state index is 12.2. The Labute approximate surface area is 176 Å². The van der Waals surface area contributed by atoms with E-state index < -0.39 is 16.8 Å². The molecule has 0 saturated heterocycles. The van der Waals surface area contributed by atoms with Crippen LogP contribution in [-0.4, -0.2) is 35.1 Å². The monoisotopic (exact) mass is 420 g/mol. The van der Waals surface area contributed by atoms with Gasteiger partial charge >= 0.3 is 5.97 Å². The summed E-state index contributed by atoms with van der Waals surface area (Å²) in [5, 5.41) is 14.5. The molecule has 0 atom stereocenters.